The molecule has 0 bridgehead atoms. The van der Waals surface area contributed by atoms with Gasteiger partial charge in [-0.25, -0.2) is 0 Å². The van der Waals surface area contributed by atoms with Gasteiger partial charge >= 0.3 is 0 Å². The topological polar surface area (TPSA) is 0 Å². The van der Waals surface area contributed by atoms with Crippen molar-refractivity contribution >= 4 is 0 Å². The van der Waals surface area contributed by atoms with Gasteiger partial charge in [0.15, 0.2) is 0 Å². The monoisotopic (exact) mass is 192 g/mol. The Morgan fingerprint density at radius 2 is 1.00 bits per heavy atom. The molecule has 1 aliphatic carbocycles. The van der Waals surface area contributed by atoms with E-state index in [2.05, 4.69) is 50.3 Å². The Labute approximate surface area is 89.4 Å². The van der Waals surface area contributed by atoms with Crippen LogP contribution in [0, 0.1) is 0 Å². The summed E-state index contributed by atoms with van der Waals surface area (Å²) in [5.74, 6) is 0. The van der Waals surface area contributed by atoms with Crippen LogP contribution in [0.4, 0.5) is 0 Å². The predicted octanol–water partition coefficient (Wildman–Crippen LogP) is 5.04. The molecule has 1 rings (SSSR count). The summed E-state index contributed by atoms with van der Waals surface area (Å²) in [6, 6.07) is 0. The Morgan fingerprint density at radius 3 is 1.21 bits per heavy atom. The molecule has 0 saturated heterocycles. The van der Waals surface area contributed by atoms with E-state index in [1.54, 1.807) is 0 Å². The summed E-state index contributed by atoms with van der Waals surface area (Å²) in [5.41, 5.74) is 0. The number of hydrogen-bond acceptors (Lipinski definition) is 0. The highest BCUT2D eigenvalue weighted by Crippen LogP contribution is 2.02. The van der Waals surface area contributed by atoms with E-state index in [-0.39, 0.29) is 0 Å². The van der Waals surface area contributed by atoms with Crippen molar-refractivity contribution in [2.45, 2.75) is 52.4 Å². The smallest absolute Gasteiger partial charge is 0.0316 e. The van der Waals surface area contributed by atoms with Gasteiger partial charge in [0.25, 0.3) is 0 Å². The lowest BCUT2D eigenvalue weighted by atomic mass is 10.1. The Morgan fingerprint density at radius 1 is 0.714 bits per heavy atom. The molecule has 0 amide bonds. The van der Waals surface area contributed by atoms with Crippen LogP contribution in [0.2, 0.25) is 0 Å². The summed E-state index contributed by atoms with van der Waals surface area (Å²) in [5, 5.41) is 0. The quantitative estimate of drug-likeness (QED) is 0.538. The molecule has 0 aromatic heterocycles. The van der Waals surface area contributed by atoms with E-state index in [1.807, 2.05) is 0 Å². The van der Waals surface area contributed by atoms with Crippen LogP contribution in [-0.2, 0) is 0 Å². The molecule has 0 aromatic rings. The van der Waals surface area contributed by atoms with Crippen LogP contribution < -0.4 is 0 Å². The number of allylic oxidation sites excluding steroid dienone is 6. The highest BCUT2D eigenvalue weighted by molar-refractivity contribution is 4.93. The molecule has 1 aliphatic rings. The van der Waals surface area contributed by atoms with Gasteiger partial charge in [0, 0.05) is 0 Å². The second kappa shape index (κ2) is 12.2. The van der Waals surface area contributed by atoms with Crippen LogP contribution in [0.1, 0.15) is 52.4 Å². The van der Waals surface area contributed by atoms with Gasteiger partial charge in [-0.3, -0.25) is 0 Å². The Balaban J connectivity index is 0.000000255. The summed E-state index contributed by atoms with van der Waals surface area (Å²) in [4.78, 5) is 0. The van der Waals surface area contributed by atoms with Crippen LogP contribution in [-0.4, -0.2) is 0 Å². The fourth-order valence-corrected chi connectivity index (χ4v) is 1.19. The Hall–Kier alpha value is -0.780. The van der Waals surface area contributed by atoms with Crippen LogP contribution in [0.15, 0.2) is 36.5 Å². The van der Waals surface area contributed by atoms with Crippen molar-refractivity contribution in [2.75, 3.05) is 0 Å². The van der Waals surface area contributed by atoms with E-state index >= 15 is 0 Å². The van der Waals surface area contributed by atoms with Crippen molar-refractivity contribution in [1.29, 1.82) is 0 Å². The molecule has 0 heterocycles. The molecule has 0 spiro atoms. The van der Waals surface area contributed by atoms with Crippen LogP contribution in [0.3, 0.4) is 0 Å². The van der Waals surface area contributed by atoms with E-state index in [0.29, 0.717) is 0 Å². The Kier molecular flexibility index (Phi) is 11.5. The van der Waals surface area contributed by atoms with Crippen molar-refractivity contribution in [3.8, 4) is 0 Å². The molecule has 0 nitrogen and oxygen atoms in total. The lowest BCUT2D eigenvalue weighted by Crippen LogP contribution is -1.71. The first kappa shape index (κ1) is 13.2. The third kappa shape index (κ3) is 11.2. The van der Waals surface area contributed by atoms with Gasteiger partial charge in [0.05, 0.1) is 0 Å². The summed E-state index contributed by atoms with van der Waals surface area (Å²) in [6.07, 6.45) is 20.7. The molecule has 0 aliphatic heterocycles. The molecule has 0 saturated carbocycles. The van der Waals surface area contributed by atoms with E-state index in [4.69, 9.17) is 0 Å². The average molecular weight is 192 g/mol. The summed E-state index contributed by atoms with van der Waals surface area (Å²) < 4.78 is 0. The third-order valence-electron chi connectivity index (χ3n) is 1.97. The minimum absolute atomic E-state index is 1.17. The molecular formula is C14H24. The van der Waals surface area contributed by atoms with Gasteiger partial charge in [-0.05, 0) is 38.5 Å². The summed E-state index contributed by atoms with van der Waals surface area (Å²) in [6.45, 7) is 4.29. The van der Waals surface area contributed by atoms with Crippen molar-refractivity contribution in [2.24, 2.45) is 0 Å². The molecule has 0 radical (unpaired) electrons. The third-order valence-corrected chi connectivity index (χ3v) is 1.97. The van der Waals surface area contributed by atoms with Crippen molar-refractivity contribution in [3.63, 3.8) is 0 Å². The van der Waals surface area contributed by atoms with E-state index in [9.17, 15) is 0 Å². The maximum atomic E-state index is 2.27. The van der Waals surface area contributed by atoms with Crippen LogP contribution >= 0.6 is 0 Å². The van der Waals surface area contributed by atoms with Crippen molar-refractivity contribution in [1.82, 2.24) is 0 Å². The van der Waals surface area contributed by atoms with Gasteiger partial charge in [-0.15, -0.1) is 0 Å². The molecule has 80 valence electrons. The normalized spacial score (nSPS) is 18.1. The van der Waals surface area contributed by atoms with Crippen LogP contribution in [0.5, 0.6) is 0 Å². The van der Waals surface area contributed by atoms with E-state index in [1.165, 1.54) is 38.5 Å². The minimum Gasteiger partial charge on any atom is -0.0888 e. The molecule has 0 unspecified atom stereocenters. The highest BCUT2D eigenvalue weighted by Gasteiger charge is 1.81. The van der Waals surface area contributed by atoms with E-state index < -0.39 is 0 Å². The molecule has 0 fully saturated rings. The number of hydrogen-bond donors (Lipinski definition) is 0. The fraction of sp³-hybridized carbons (Fsp3) is 0.571. The largest absolute Gasteiger partial charge is 0.0888 e. The van der Waals surface area contributed by atoms with Crippen molar-refractivity contribution in [3.05, 3.63) is 36.5 Å². The highest BCUT2D eigenvalue weighted by atomic mass is 13.9. The van der Waals surface area contributed by atoms with Crippen molar-refractivity contribution < 1.29 is 0 Å². The zero-order valence-electron chi connectivity index (χ0n) is 9.71. The van der Waals surface area contributed by atoms with Gasteiger partial charge in [0.2, 0.25) is 0 Å². The maximum Gasteiger partial charge on any atom is -0.0316 e. The molecule has 14 heavy (non-hydrogen) atoms. The van der Waals surface area contributed by atoms with Gasteiger partial charge < -0.3 is 0 Å². The van der Waals surface area contributed by atoms with Crippen LogP contribution in [0.25, 0.3) is 0 Å². The first-order valence-corrected chi connectivity index (χ1v) is 5.86. The molecule has 0 heteroatoms. The zero-order chi connectivity index (χ0) is 10.5. The summed E-state index contributed by atoms with van der Waals surface area (Å²) >= 11 is 0. The molecule has 0 N–H and O–H groups in total. The number of rotatable bonds is 2. The van der Waals surface area contributed by atoms with Gasteiger partial charge in [-0.2, -0.15) is 0 Å². The second-order valence-electron chi connectivity index (χ2n) is 3.39. The zero-order valence-corrected chi connectivity index (χ0v) is 9.71. The first-order valence-electron chi connectivity index (χ1n) is 5.86. The fourth-order valence-electron chi connectivity index (χ4n) is 1.19. The first-order chi connectivity index (χ1) is 6.91. The van der Waals surface area contributed by atoms with E-state index in [0.717, 1.165) is 0 Å². The van der Waals surface area contributed by atoms with Gasteiger partial charge in [-0.1, -0.05) is 50.3 Å². The minimum atomic E-state index is 1.17. The lowest BCUT2D eigenvalue weighted by Gasteiger charge is -1.92. The summed E-state index contributed by atoms with van der Waals surface area (Å²) in [7, 11) is 0. The SMILES string of the molecule is C1=CCC/C=C\CC1.CC/C=C/CC. The average Bonchev–Trinajstić information content (AvgIpc) is 2.14. The molecular weight excluding hydrogens is 168 g/mol. The predicted molar refractivity (Wildman–Crippen MR) is 66.5 cm³/mol. The standard InChI is InChI=1S/C8H12.C6H12/c1-2-4-6-8-7-5-3-1;1-3-5-6-4-2/h1-2,7-8H,3-6H2;5-6H,3-4H2,1-2H3/b2-1-,8-7?;6-5+. The Bertz CT molecular complexity index is 140. The second-order valence-corrected chi connectivity index (χ2v) is 3.39. The molecule has 0 aromatic carbocycles. The molecule has 0 atom stereocenters. The maximum absolute atomic E-state index is 2.27. The lowest BCUT2D eigenvalue weighted by molar-refractivity contribution is 0.962. The van der Waals surface area contributed by atoms with Gasteiger partial charge in [0.1, 0.15) is 0 Å².